The smallest absolute Gasteiger partial charge is 0.141 e. The summed E-state index contributed by atoms with van der Waals surface area (Å²) in [5.41, 5.74) is -1.57. The highest BCUT2D eigenvalue weighted by molar-refractivity contribution is 5.70. The van der Waals surface area contributed by atoms with Crippen molar-refractivity contribution in [3.05, 3.63) is 0 Å². The van der Waals surface area contributed by atoms with Crippen molar-refractivity contribution in [1.82, 2.24) is 0 Å². The molecule has 0 aromatic carbocycles. The number of carbonyl (C=O) groups is 1. The third-order valence-electron chi connectivity index (χ3n) is 2.99. The maximum atomic E-state index is 12.5. The third-order valence-corrected chi connectivity index (χ3v) is 2.99. The second-order valence-electron chi connectivity index (χ2n) is 3.56. The molecule has 2 fully saturated rings. The van der Waals surface area contributed by atoms with Gasteiger partial charge in [-0.3, -0.25) is 0 Å². The van der Waals surface area contributed by atoms with Gasteiger partial charge in [0, 0.05) is 5.41 Å². The molecule has 3 heteroatoms. The molecule has 2 unspecified atom stereocenters. The van der Waals surface area contributed by atoms with Gasteiger partial charge in [0.25, 0.3) is 0 Å². The van der Waals surface area contributed by atoms with E-state index in [0.717, 1.165) is 0 Å². The fourth-order valence-corrected chi connectivity index (χ4v) is 1.89. The van der Waals surface area contributed by atoms with E-state index in [1.165, 1.54) is 0 Å². The summed E-state index contributed by atoms with van der Waals surface area (Å²) < 4.78 is 25.0. The van der Waals surface area contributed by atoms with E-state index in [1.54, 1.807) is 6.92 Å². The van der Waals surface area contributed by atoms with E-state index in [0.29, 0.717) is 12.7 Å². The minimum Gasteiger partial charge on any atom is -0.303 e. The quantitative estimate of drug-likeness (QED) is 0.509. The molecule has 0 aromatic heterocycles. The lowest BCUT2D eigenvalue weighted by atomic mass is 10.1. The average Bonchev–Trinajstić information content (AvgIpc) is 2.68. The van der Waals surface area contributed by atoms with Gasteiger partial charge in [-0.1, -0.05) is 6.92 Å². The van der Waals surface area contributed by atoms with Crippen LogP contribution in [-0.2, 0) is 4.79 Å². The number of carbonyl (C=O) groups excluding carboxylic acids is 1. The van der Waals surface area contributed by atoms with Crippen LogP contribution in [0.1, 0.15) is 13.3 Å². The fourth-order valence-electron chi connectivity index (χ4n) is 1.89. The van der Waals surface area contributed by atoms with Crippen LogP contribution in [0, 0.1) is 10.8 Å². The molecule has 0 aliphatic heterocycles. The predicted molar refractivity (Wildman–Crippen MR) is 31.0 cm³/mol. The molecule has 10 heavy (non-hydrogen) atoms. The van der Waals surface area contributed by atoms with Crippen LogP contribution in [0.4, 0.5) is 8.78 Å². The Morgan fingerprint density at radius 2 is 2.00 bits per heavy atom. The summed E-state index contributed by atoms with van der Waals surface area (Å²) in [4.78, 5) is 10.3. The van der Waals surface area contributed by atoms with Gasteiger partial charge >= 0.3 is 0 Å². The zero-order valence-corrected chi connectivity index (χ0v) is 5.60. The summed E-state index contributed by atoms with van der Waals surface area (Å²) in [5.74, 6) is 0. The average molecular weight is 146 g/mol. The van der Waals surface area contributed by atoms with E-state index >= 15 is 0 Å². The zero-order chi connectivity index (χ0) is 7.57. The van der Waals surface area contributed by atoms with Crippen molar-refractivity contribution in [3.63, 3.8) is 0 Å². The normalized spacial score (nSPS) is 64.3. The standard InChI is InChI=1S/C7H8F2O/c1-6(3-10)2-7(6)4(8)5(7)9/h3-5H,2H2,1H3/t4?,5?,6-,7?/m0/s1. The Kier molecular flexibility index (Phi) is 0.793. The molecule has 0 radical (unpaired) electrons. The molecule has 2 rings (SSSR count). The Bertz CT molecular complexity index is 196. The summed E-state index contributed by atoms with van der Waals surface area (Å²) in [6, 6.07) is 0. The summed E-state index contributed by atoms with van der Waals surface area (Å²) in [6.45, 7) is 1.62. The van der Waals surface area contributed by atoms with E-state index in [9.17, 15) is 13.6 Å². The minimum atomic E-state index is -1.37. The van der Waals surface area contributed by atoms with E-state index < -0.39 is 23.2 Å². The Labute approximate surface area is 57.4 Å². The number of aldehydes is 1. The molecule has 0 saturated heterocycles. The van der Waals surface area contributed by atoms with Gasteiger partial charge in [-0.15, -0.1) is 0 Å². The maximum absolute atomic E-state index is 12.5. The minimum absolute atomic E-state index is 0.395. The van der Waals surface area contributed by atoms with Gasteiger partial charge in [0.2, 0.25) is 0 Å². The lowest BCUT2D eigenvalue weighted by Crippen LogP contribution is -2.01. The van der Waals surface area contributed by atoms with Crippen molar-refractivity contribution in [2.45, 2.75) is 25.7 Å². The van der Waals surface area contributed by atoms with Gasteiger partial charge in [-0.25, -0.2) is 8.78 Å². The van der Waals surface area contributed by atoms with Gasteiger partial charge in [0.15, 0.2) is 0 Å². The molecule has 2 aliphatic rings. The number of hydrogen-bond donors (Lipinski definition) is 0. The second-order valence-corrected chi connectivity index (χ2v) is 3.56. The summed E-state index contributed by atoms with van der Waals surface area (Å²) in [7, 11) is 0. The van der Waals surface area contributed by atoms with Gasteiger partial charge in [0.1, 0.15) is 18.6 Å². The molecule has 0 heterocycles. The number of rotatable bonds is 1. The molecule has 1 nitrogen and oxygen atoms in total. The van der Waals surface area contributed by atoms with E-state index in [4.69, 9.17) is 0 Å². The van der Waals surface area contributed by atoms with Crippen LogP contribution in [0.25, 0.3) is 0 Å². The van der Waals surface area contributed by atoms with E-state index in [2.05, 4.69) is 0 Å². The van der Waals surface area contributed by atoms with Crippen molar-refractivity contribution < 1.29 is 13.6 Å². The van der Waals surface area contributed by atoms with E-state index in [-0.39, 0.29) is 0 Å². The first-order valence-corrected chi connectivity index (χ1v) is 3.33. The monoisotopic (exact) mass is 146 g/mol. The highest BCUT2D eigenvalue weighted by Crippen LogP contribution is 2.79. The fraction of sp³-hybridized carbons (Fsp3) is 0.857. The molecule has 1 spiro atoms. The first-order valence-electron chi connectivity index (χ1n) is 3.33. The van der Waals surface area contributed by atoms with Crippen molar-refractivity contribution in [3.8, 4) is 0 Å². The molecule has 0 amide bonds. The molecule has 56 valence electrons. The summed E-state index contributed by atoms with van der Waals surface area (Å²) >= 11 is 0. The molecular weight excluding hydrogens is 138 g/mol. The van der Waals surface area contributed by atoms with Crippen molar-refractivity contribution in [2.24, 2.45) is 10.8 Å². The number of alkyl halides is 2. The largest absolute Gasteiger partial charge is 0.303 e. The molecule has 0 aromatic rings. The summed E-state index contributed by atoms with van der Waals surface area (Å²) in [6.07, 6.45) is -1.67. The first kappa shape index (κ1) is 6.25. The molecule has 0 bridgehead atoms. The van der Waals surface area contributed by atoms with Gasteiger partial charge in [-0.2, -0.15) is 0 Å². The summed E-state index contributed by atoms with van der Waals surface area (Å²) in [5, 5.41) is 0. The van der Waals surface area contributed by atoms with Crippen molar-refractivity contribution in [2.75, 3.05) is 0 Å². The van der Waals surface area contributed by atoms with Crippen molar-refractivity contribution >= 4 is 6.29 Å². The van der Waals surface area contributed by atoms with Gasteiger partial charge in [0.05, 0.1) is 5.41 Å². The Hall–Kier alpha value is -0.470. The van der Waals surface area contributed by atoms with Crippen LogP contribution in [0.15, 0.2) is 0 Å². The van der Waals surface area contributed by atoms with E-state index in [1.807, 2.05) is 0 Å². The van der Waals surface area contributed by atoms with Gasteiger partial charge in [-0.05, 0) is 6.42 Å². The Morgan fingerprint density at radius 3 is 2.10 bits per heavy atom. The lowest BCUT2D eigenvalue weighted by Gasteiger charge is -1.93. The van der Waals surface area contributed by atoms with Crippen LogP contribution < -0.4 is 0 Å². The lowest BCUT2D eigenvalue weighted by molar-refractivity contribution is -0.112. The van der Waals surface area contributed by atoms with Crippen LogP contribution in [0.5, 0.6) is 0 Å². The second kappa shape index (κ2) is 1.27. The number of hydrogen-bond acceptors (Lipinski definition) is 1. The van der Waals surface area contributed by atoms with Crippen LogP contribution in [0.2, 0.25) is 0 Å². The van der Waals surface area contributed by atoms with Gasteiger partial charge < -0.3 is 4.79 Å². The van der Waals surface area contributed by atoms with Crippen LogP contribution >= 0.6 is 0 Å². The maximum Gasteiger partial charge on any atom is 0.141 e. The zero-order valence-electron chi connectivity index (χ0n) is 5.60. The molecule has 2 aliphatic carbocycles. The highest BCUT2D eigenvalue weighted by atomic mass is 19.2. The Balaban J connectivity index is 2.21. The molecular formula is C7H8F2O. The highest BCUT2D eigenvalue weighted by Gasteiger charge is 2.87. The Morgan fingerprint density at radius 1 is 1.50 bits per heavy atom. The molecule has 3 atom stereocenters. The SMILES string of the molecule is C[C@@]1(C=O)CC12C(F)C2F. The van der Waals surface area contributed by atoms with Crippen molar-refractivity contribution in [1.29, 1.82) is 0 Å². The van der Waals surface area contributed by atoms with Crippen LogP contribution in [-0.4, -0.2) is 18.6 Å². The third kappa shape index (κ3) is 0.368. The molecule has 0 N–H and O–H groups in total. The predicted octanol–water partition coefficient (Wildman–Crippen LogP) is 1.27. The van der Waals surface area contributed by atoms with Crippen LogP contribution in [0.3, 0.4) is 0 Å². The number of halogens is 2. The molecule has 2 saturated carbocycles. The first-order chi connectivity index (χ1) is 4.58. The topological polar surface area (TPSA) is 17.1 Å².